The van der Waals surface area contributed by atoms with Crippen LogP contribution in [0.25, 0.3) is 0 Å². The van der Waals surface area contributed by atoms with Gasteiger partial charge in [-0.05, 0) is 34.1 Å². The fraction of sp³-hybridized carbons (Fsp3) is 0.846. The highest BCUT2D eigenvalue weighted by Crippen LogP contribution is 2.22. The summed E-state index contributed by atoms with van der Waals surface area (Å²) in [6, 6.07) is 0. The molecule has 0 aromatic rings. The lowest BCUT2D eigenvalue weighted by Gasteiger charge is -2.34. The van der Waals surface area contributed by atoms with Gasteiger partial charge in [0.25, 0.3) is 0 Å². The van der Waals surface area contributed by atoms with Crippen LogP contribution in [0.15, 0.2) is 0 Å². The SMILES string of the molecule is CCOC(=O)[C@@H]1C[C@@H](F)CN(C(=O)OC(C)(C)C)C1. The Hall–Kier alpha value is -1.33. The minimum atomic E-state index is -1.23. The number of hydrogen-bond acceptors (Lipinski definition) is 4. The molecular formula is C13H22FNO4. The van der Waals surface area contributed by atoms with Crippen LogP contribution in [0.3, 0.4) is 0 Å². The van der Waals surface area contributed by atoms with Gasteiger partial charge in [-0.25, -0.2) is 9.18 Å². The molecule has 110 valence electrons. The van der Waals surface area contributed by atoms with Gasteiger partial charge in [0.05, 0.1) is 19.1 Å². The first-order chi connectivity index (χ1) is 8.73. The minimum absolute atomic E-state index is 0.0369. The highest BCUT2D eigenvalue weighted by atomic mass is 19.1. The van der Waals surface area contributed by atoms with Crippen molar-refractivity contribution in [2.75, 3.05) is 19.7 Å². The number of rotatable bonds is 2. The topological polar surface area (TPSA) is 55.8 Å². The Labute approximate surface area is 113 Å². The van der Waals surface area contributed by atoms with Crippen LogP contribution < -0.4 is 0 Å². The van der Waals surface area contributed by atoms with Gasteiger partial charge in [0, 0.05) is 6.54 Å². The third kappa shape index (κ3) is 5.04. The van der Waals surface area contributed by atoms with Gasteiger partial charge >= 0.3 is 12.1 Å². The molecule has 1 amide bonds. The zero-order valence-corrected chi connectivity index (χ0v) is 11.9. The normalized spacial score (nSPS) is 23.9. The number of halogens is 1. The van der Waals surface area contributed by atoms with Crippen molar-refractivity contribution in [3.63, 3.8) is 0 Å². The second kappa shape index (κ2) is 6.21. The number of nitrogens with zero attached hydrogens (tertiary/aromatic N) is 1. The van der Waals surface area contributed by atoms with Crippen molar-refractivity contribution >= 4 is 12.1 Å². The number of esters is 1. The first-order valence-corrected chi connectivity index (χ1v) is 6.51. The smallest absolute Gasteiger partial charge is 0.410 e. The molecule has 5 nitrogen and oxygen atoms in total. The molecule has 6 heteroatoms. The number of carbonyl (C=O) groups excluding carboxylic acids is 2. The summed E-state index contributed by atoms with van der Waals surface area (Å²) in [6.07, 6.45) is -1.72. The Bertz CT molecular complexity index is 340. The standard InChI is InChI=1S/C13H22FNO4/c1-5-18-11(16)9-6-10(14)8-15(7-9)12(17)19-13(2,3)4/h9-10H,5-8H2,1-4H3/t9-,10-/m1/s1. The van der Waals surface area contributed by atoms with Crippen LogP contribution in [0.1, 0.15) is 34.1 Å². The number of piperidine rings is 1. The summed E-state index contributed by atoms with van der Waals surface area (Å²) in [5.41, 5.74) is -0.639. The van der Waals surface area contributed by atoms with Gasteiger partial charge in [-0.15, -0.1) is 0 Å². The van der Waals surface area contributed by atoms with E-state index in [9.17, 15) is 14.0 Å². The van der Waals surface area contributed by atoms with Crippen LogP contribution in [0, 0.1) is 5.92 Å². The number of hydrogen-bond donors (Lipinski definition) is 0. The molecule has 0 N–H and O–H groups in total. The van der Waals surface area contributed by atoms with Crippen LogP contribution >= 0.6 is 0 Å². The number of likely N-dealkylation sites (tertiary alicyclic amines) is 1. The second-order valence-electron chi connectivity index (χ2n) is 5.67. The largest absolute Gasteiger partial charge is 0.466 e. The lowest BCUT2D eigenvalue weighted by molar-refractivity contribution is -0.150. The lowest BCUT2D eigenvalue weighted by atomic mass is 9.97. The third-order valence-electron chi connectivity index (χ3n) is 2.67. The Balaban J connectivity index is 2.64. The molecule has 0 radical (unpaired) electrons. The predicted molar refractivity (Wildman–Crippen MR) is 67.4 cm³/mol. The zero-order chi connectivity index (χ0) is 14.6. The molecule has 1 aliphatic heterocycles. The fourth-order valence-electron chi connectivity index (χ4n) is 1.94. The van der Waals surface area contributed by atoms with Crippen LogP contribution in [0.2, 0.25) is 0 Å². The molecule has 0 aliphatic carbocycles. The minimum Gasteiger partial charge on any atom is -0.466 e. The Kier molecular flexibility index (Phi) is 5.14. The summed E-state index contributed by atoms with van der Waals surface area (Å²) >= 11 is 0. The van der Waals surface area contributed by atoms with Crippen LogP contribution in [-0.2, 0) is 14.3 Å². The van der Waals surface area contributed by atoms with Crippen molar-refractivity contribution in [1.82, 2.24) is 4.90 Å². The van der Waals surface area contributed by atoms with E-state index >= 15 is 0 Å². The highest BCUT2D eigenvalue weighted by molar-refractivity contribution is 5.75. The third-order valence-corrected chi connectivity index (χ3v) is 2.67. The first kappa shape index (κ1) is 15.7. The zero-order valence-electron chi connectivity index (χ0n) is 11.9. The predicted octanol–water partition coefficient (Wildman–Crippen LogP) is 2.14. The van der Waals surface area contributed by atoms with Gasteiger partial charge in [0.15, 0.2) is 0 Å². The maximum Gasteiger partial charge on any atom is 0.410 e. The summed E-state index contributed by atoms with van der Waals surface area (Å²) in [5, 5.41) is 0. The van der Waals surface area contributed by atoms with Gasteiger partial charge < -0.3 is 14.4 Å². The molecule has 0 aromatic heterocycles. The molecule has 19 heavy (non-hydrogen) atoms. The average molecular weight is 275 g/mol. The molecule has 1 fully saturated rings. The number of carbonyl (C=O) groups is 2. The molecule has 1 heterocycles. The number of amides is 1. The summed E-state index contributed by atoms with van der Waals surface area (Å²) < 4.78 is 23.7. The quantitative estimate of drug-likeness (QED) is 0.725. The fourth-order valence-corrected chi connectivity index (χ4v) is 1.94. The maximum absolute atomic E-state index is 13.6. The Morgan fingerprint density at radius 3 is 2.47 bits per heavy atom. The van der Waals surface area contributed by atoms with E-state index in [1.54, 1.807) is 27.7 Å². The van der Waals surface area contributed by atoms with Crippen molar-refractivity contribution in [2.24, 2.45) is 5.92 Å². The molecular weight excluding hydrogens is 253 g/mol. The van der Waals surface area contributed by atoms with Crippen molar-refractivity contribution in [3.8, 4) is 0 Å². The molecule has 1 saturated heterocycles. The molecule has 0 spiro atoms. The van der Waals surface area contributed by atoms with E-state index in [1.807, 2.05) is 0 Å². The monoisotopic (exact) mass is 275 g/mol. The van der Waals surface area contributed by atoms with Crippen molar-refractivity contribution in [2.45, 2.75) is 45.9 Å². The van der Waals surface area contributed by atoms with Gasteiger partial charge in [0.2, 0.25) is 0 Å². The van der Waals surface area contributed by atoms with Crippen molar-refractivity contribution in [3.05, 3.63) is 0 Å². The molecule has 1 aliphatic rings. The van der Waals surface area contributed by atoms with E-state index in [2.05, 4.69) is 0 Å². The molecule has 0 aromatic carbocycles. The van der Waals surface area contributed by atoms with Gasteiger partial charge in [-0.1, -0.05) is 0 Å². The van der Waals surface area contributed by atoms with Crippen molar-refractivity contribution in [1.29, 1.82) is 0 Å². The average Bonchev–Trinajstić information content (AvgIpc) is 2.26. The number of alkyl halides is 1. The van der Waals surface area contributed by atoms with Crippen LogP contribution in [0.5, 0.6) is 0 Å². The van der Waals surface area contributed by atoms with E-state index < -0.39 is 29.8 Å². The molecule has 0 unspecified atom stereocenters. The lowest BCUT2D eigenvalue weighted by Crippen LogP contribution is -2.49. The summed E-state index contributed by atoms with van der Waals surface area (Å²) in [7, 11) is 0. The summed E-state index contributed by atoms with van der Waals surface area (Å²) in [5.74, 6) is -1.07. The first-order valence-electron chi connectivity index (χ1n) is 6.51. The molecule has 0 saturated carbocycles. The van der Waals surface area contributed by atoms with Crippen LogP contribution in [0.4, 0.5) is 9.18 Å². The van der Waals surface area contributed by atoms with Crippen molar-refractivity contribution < 1.29 is 23.5 Å². The number of ether oxygens (including phenoxy) is 2. The van der Waals surface area contributed by atoms with E-state index in [1.165, 1.54) is 4.90 Å². The van der Waals surface area contributed by atoms with Gasteiger partial charge in [-0.2, -0.15) is 0 Å². The van der Waals surface area contributed by atoms with Gasteiger partial charge in [-0.3, -0.25) is 4.79 Å². The van der Waals surface area contributed by atoms with Crippen LogP contribution in [-0.4, -0.2) is 48.4 Å². The van der Waals surface area contributed by atoms with Gasteiger partial charge in [0.1, 0.15) is 11.8 Å². The molecule has 2 atom stereocenters. The summed E-state index contributed by atoms with van der Waals surface area (Å²) in [4.78, 5) is 24.7. The highest BCUT2D eigenvalue weighted by Gasteiger charge is 2.36. The maximum atomic E-state index is 13.6. The summed E-state index contributed by atoms with van der Waals surface area (Å²) in [6.45, 7) is 7.27. The molecule has 1 rings (SSSR count). The van der Waals surface area contributed by atoms with E-state index in [0.717, 1.165) is 0 Å². The second-order valence-corrected chi connectivity index (χ2v) is 5.67. The molecule has 0 bridgehead atoms. The van der Waals surface area contributed by atoms with E-state index in [-0.39, 0.29) is 26.1 Å². The Morgan fingerprint density at radius 2 is 1.95 bits per heavy atom. The van der Waals surface area contributed by atoms with E-state index in [0.29, 0.717) is 0 Å². The van der Waals surface area contributed by atoms with E-state index in [4.69, 9.17) is 9.47 Å². The Morgan fingerprint density at radius 1 is 1.32 bits per heavy atom.